The number of rotatable bonds is 4. The number of benzene rings is 1. The second-order valence-corrected chi connectivity index (χ2v) is 7.43. The summed E-state index contributed by atoms with van der Waals surface area (Å²) >= 11 is 0. The second-order valence-electron chi connectivity index (χ2n) is 7.43. The van der Waals surface area contributed by atoms with Crippen molar-refractivity contribution in [1.29, 1.82) is 0 Å². The molecule has 0 aliphatic carbocycles. The SMILES string of the molecule is Cc1cc(C(=O)N2CC[C@H](O)[C@](Cc3ccc(F)cc3)(C(=O)O)C2)cc(C)n1. The normalized spacial score (nSPS) is 22.1. The molecule has 0 radical (unpaired) electrons. The van der Waals surface area contributed by atoms with Gasteiger partial charge in [0.1, 0.15) is 11.2 Å². The van der Waals surface area contributed by atoms with Crippen LogP contribution in [0, 0.1) is 25.1 Å². The number of hydrogen-bond donors (Lipinski definition) is 2. The lowest BCUT2D eigenvalue weighted by atomic mass is 9.72. The Morgan fingerprint density at radius 3 is 2.39 bits per heavy atom. The maximum absolute atomic E-state index is 13.2. The predicted octanol–water partition coefficient (Wildman–Crippen LogP) is 2.36. The molecule has 148 valence electrons. The van der Waals surface area contributed by atoms with Crippen molar-refractivity contribution >= 4 is 11.9 Å². The molecule has 7 heteroatoms. The topological polar surface area (TPSA) is 90.7 Å². The van der Waals surface area contributed by atoms with Crippen LogP contribution >= 0.6 is 0 Å². The number of aryl methyl sites for hydroxylation is 2. The molecule has 0 unspecified atom stereocenters. The number of aliphatic hydroxyl groups excluding tert-OH is 1. The van der Waals surface area contributed by atoms with Gasteiger partial charge in [-0.25, -0.2) is 4.39 Å². The molecule has 3 rings (SSSR count). The standard InChI is InChI=1S/C21H23FN2O4/c1-13-9-16(10-14(2)23-13)19(26)24-8-7-18(25)21(12-24,20(27)28)11-15-3-5-17(22)6-4-15/h3-6,9-10,18,25H,7-8,11-12H2,1-2H3,(H,27,28)/t18-,21+/m0/s1. The molecule has 1 aromatic carbocycles. The van der Waals surface area contributed by atoms with Crippen molar-refractivity contribution in [2.75, 3.05) is 13.1 Å². The lowest BCUT2D eigenvalue weighted by Gasteiger charge is -2.43. The van der Waals surface area contributed by atoms with Crippen LogP contribution in [0.15, 0.2) is 36.4 Å². The number of carboxylic acids is 1. The summed E-state index contributed by atoms with van der Waals surface area (Å²) in [7, 11) is 0. The number of piperidine rings is 1. The van der Waals surface area contributed by atoms with Crippen LogP contribution in [0.4, 0.5) is 4.39 Å². The Morgan fingerprint density at radius 2 is 1.82 bits per heavy atom. The van der Waals surface area contributed by atoms with Gasteiger partial charge in [0.2, 0.25) is 0 Å². The highest BCUT2D eigenvalue weighted by Gasteiger charge is 2.50. The third kappa shape index (κ3) is 3.89. The van der Waals surface area contributed by atoms with Crippen molar-refractivity contribution in [3.05, 3.63) is 64.7 Å². The Kier molecular flexibility index (Phi) is 5.47. The Morgan fingerprint density at radius 1 is 1.21 bits per heavy atom. The zero-order chi connectivity index (χ0) is 20.5. The molecule has 0 bridgehead atoms. The van der Waals surface area contributed by atoms with E-state index in [-0.39, 0.29) is 31.8 Å². The minimum absolute atomic E-state index is 0.00195. The van der Waals surface area contributed by atoms with Crippen LogP contribution in [0.25, 0.3) is 0 Å². The zero-order valence-electron chi connectivity index (χ0n) is 15.9. The van der Waals surface area contributed by atoms with E-state index in [0.29, 0.717) is 22.5 Å². The van der Waals surface area contributed by atoms with E-state index in [1.165, 1.54) is 29.2 Å². The Bertz CT molecular complexity index is 880. The number of likely N-dealkylation sites (tertiary alicyclic amines) is 1. The molecule has 28 heavy (non-hydrogen) atoms. The highest BCUT2D eigenvalue weighted by molar-refractivity contribution is 5.95. The molecule has 0 spiro atoms. The summed E-state index contributed by atoms with van der Waals surface area (Å²) in [5, 5.41) is 20.5. The van der Waals surface area contributed by atoms with Crippen LogP contribution in [0.5, 0.6) is 0 Å². The first-order valence-electron chi connectivity index (χ1n) is 9.12. The van der Waals surface area contributed by atoms with Crippen LogP contribution in [0.3, 0.4) is 0 Å². The highest BCUT2D eigenvalue weighted by Crippen LogP contribution is 2.35. The van der Waals surface area contributed by atoms with Gasteiger partial charge in [0.05, 0.1) is 6.10 Å². The number of aliphatic hydroxyl groups is 1. The third-order valence-corrected chi connectivity index (χ3v) is 5.26. The quantitative estimate of drug-likeness (QED) is 0.842. The van der Waals surface area contributed by atoms with Crippen LogP contribution in [0.2, 0.25) is 0 Å². The monoisotopic (exact) mass is 386 g/mol. The highest BCUT2D eigenvalue weighted by atomic mass is 19.1. The van der Waals surface area contributed by atoms with Crippen LogP contribution in [0.1, 0.15) is 33.7 Å². The van der Waals surface area contributed by atoms with Crippen molar-refractivity contribution in [1.82, 2.24) is 9.88 Å². The number of hydrogen-bond acceptors (Lipinski definition) is 4. The van der Waals surface area contributed by atoms with Gasteiger partial charge in [-0.15, -0.1) is 0 Å². The number of aliphatic carboxylic acids is 1. The number of nitrogens with zero attached hydrogens (tertiary/aromatic N) is 2. The third-order valence-electron chi connectivity index (χ3n) is 5.26. The summed E-state index contributed by atoms with van der Waals surface area (Å²) in [5.74, 6) is -1.88. The Balaban J connectivity index is 1.91. The molecule has 2 heterocycles. The van der Waals surface area contributed by atoms with Crippen molar-refractivity contribution in [3.8, 4) is 0 Å². The van der Waals surface area contributed by atoms with E-state index in [1.807, 2.05) is 0 Å². The maximum Gasteiger partial charge on any atom is 0.314 e. The van der Waals surface area contributed by atoms with Gasteiger partial charge >= 0.3 is 5.97 Å². The molecule has 1 amide bonds. The van der Waals surface area contributed by atoms with Gasteiger partial charge in [0.15, 0.2) is 0 Å². The molecule has 1 aromatic heterocycles. The first kappa shape index (κ1) is 19.9. The summed E-state index contributed by atoms with van der Waals surface area (Å²) in [4.78, 5) is 30.9. The average Bonchev–Trinajstić information content (AvgIpc) is 2.64. The number of carboxylic acid groups (broad SMARTS) is 1. The van der Waals surface area contributed by atoms with E-state index < -0.39 is 23.3 Å². The second kappa shape index (κ2) is 7.67. The molecule has 1 aliphatic rings. The van der Waals surface area contributed by atoms with Crippen LogP contribution in [-0.2, 0) is 11.2 Å². The molecule has 1 saturated heterocycles. The van der Waals surface area contributed by atoms with Crippen LogP contribution < -0.4 is 0 Å². The predicted molar refractivity (Wildman–Crippen MR) is 100 cm³/mol. The summed E-state index contributed by atoms with van der Waals surface area (Å²) < 4.78 is 13.2. The van der Waals surface area contributed by atoms with Crippen molar-refractivity contribution in [3.63, 3.8) is 0 Å². The van der Waals surface area contributed by atoms with Gasteiger partial charge in [-0.2, -0.15) is 0 Å². The van der Waals surface area contributed by atoms with Crippen molar-refractivity contribution in [2.24, 2.45) is 5.41 Å². The largest absolute Gasteiger partial charge is 0.481 e. The minimum Gasteiger partial charge on any atom is -0.481 e. The van der Waals surface area contributed by atoms with Gasteiger partial charge in [-0.3, -0.25) is 14.6 Å². The Hall–Kier alpha value is -2.80. The summed E-state index contributed by atoms with van der Waals surface area (Å²) in [6, 6.07) is 8.86. The molecule has 6 nitrogen and oxygen atoms in total. The van der Waals surface area contributed by atoms with Gasteiger partial charge in [-0.1, -0.05) is 12.1 Å². The number of amides is 1. The number of pyridine rings is 1. The van der Waals surface area contributed by atoms with E-state index >= 15 is 0 Å². The molecule has 1 aliphatic heterocycles. The molecule has 0 saturated carbocycles. The van der Waals surface area contributed by atoms with E-state index in [2.05, 4.69) is 4.98 Å². The molecular weight excluding hydrogens is 363 g/mol. The summed E-state index contributed by atoms with van der Waals surface area (Å²) in [6.07, 6.45) is -0.954. The van der Waals surface area contributed by atoms with Crippen molar-refractivity contribution < 1.29 is 24.2 Å². The first-order chi connectivity index (χ1) is 13.2. The van der Waals surface area contributed by atoms with E-state index in [9.17, 15) is 24.2 Å². The smallest absolute Gasteiger partial charge is 0.314 e. The van der Waals surface area contributed by atoms with Crippen LogP contribution in [-0.4, -0.2) is 51.2 Å². The van der Waals surface area contributed by atoms with Gasteiger partial charge < -0.3 is 15.1 Å². The lowest BCUT2D eigenvalue weighted by molar-refractivity contribution is -0.161. The Labute approximate surface area is 162 Å². The summed E-state index contributed by atoms with van der Waals surface area (Å²) in [5.41, 5.74) is 0.894. The zero-order valence-corrected chi connectivity index (χ0v) is 15.9. The molecule has 2 N–H and O–H groups in total. The molecule has 2 atom stereocenters. The molecular formula is C21H23FN2O4. The van der Waals surface area contributed by atoms with Gasteiger partial charge in [-0.05, 0) is 56.5 Å². The fourth-order valence-electron chi connectivity index (χ4n) is 3.82. The molecule has 1 fully saturated rings. The van der Waals surface area contributed by atoms with Gasteiger partial charge in [0, 0.05) is 30.0 Å². The fraction of sp³-hybridized carbons (Fsp3) is 0.381. The summed E-state index contributed by atoms with van der Waals surface area (Å²) in [6.45, 7) is 3.72. The number of carbonyl (C=O) groups excluding carboxylic acids is 1. The number of carbonyl (C=O) groups is 2. The average molecular weight is 386 g/mol. The van der Waals surface area contributed by atoms with E-state index in [0.717, 1.165) is 0 Å². The van der Waals surface area contributed by atoms with Gasteiger partial charge in [0.25, 0.3) is 5.91 Å². The lowest BCUT2D eigenvalue weighted by Crippen LogP contribution is -2.58. The van der Waals surface area contributed by atoms with E-state index in [1.54, 1.807) is 26.0 Å². The number of halogens is 1. The minimum atomic E-state index is -1.55. The fourth-order valence-corrected chi connectivity index (χ4v) is 3.82. The first-order valence-corrected chi connectivity index (χ1v) is 9.12. The molecule has 2 aromatic rings. The van der Waals surface area contributed by atoms with Crippen molar-refractivity contribution in [2.45, 2.75) is 32.8 Å². The van der Waals surface area contributed by atoms with E-state index in [4.69, 9.17) is 0 Å². The maximum atomic E-state index is 13.2. The number of aromatic nitrogens is 1.